The molecule has 3 rings (SSSR count). The summed E-state index contributed by atoms with van der Waals surface area (Å²) in [5, 5.41) is 5.86. The van der Waals surface area contributed by atoms with Crippen LogP contribution in [0.1, 0.15) is 48.7 Å². The minimum absolute atomic E-state index is 0.0618. The number of ether oxygens (including phenoxy) is 1. The lowest BCUT2D eigenvalue weighted by molar-refractivity contribution is 0.0523. The maximum atomic E-state index is 12.6. The maximum absolute atomic E-state index is 12.6. The minimum Gasteiger partial charge on any atom is -0.444 e. The zero-order chi connectivity index (χ0) is 21.6. The predicted molar refractivity (Wildman–Crippen MR) is 117 cm³/mol. The number of amides is 2. The molecule has 30 heavy (non-hydrogen) atoms. The normalized spacial score (nSPS) is 16.8. The van der Waals surface area contributed by atoms with Crippen LogP contribution in [0.5, 0.6) is 0 Å². The van der Waals surface area contributed by atoms with Crippen molar-refractivity contribution in [3.8, 4) is 0 Å². The van der Waals surface area contributed by atoms with E-state index < -0.39 is 11.7 Å². The third-order valence-corrected chi connectivity index (χ3v) is 4.91. The molecular weight excluding hydrogens is 378 g/mol. The van der Waals surface area contributed by atoms with Crippen molar-refractivity contribution in [3.05, 3.63) is 71.3 Å². The van der Waals surface area contributed by atoms with Crippen LogP contribution in [-0.4, -0.2) is 41.6 Å². The van der Waals surface area contributed by atoms with Gasteiger partial charge >= 0.3 is 6.09 Å². The van der Waals surface area contributed by atoms with Crippen molar-refractivity contribution in [1.29, 1.82) is 0 Å². The molecule has 2 aromatic rings. The molecule has 0 bridgehead atoms. The highest BCUT2D eigenvalue weighted by molar-refractivity contribution is 5.94. The fraction of sp³-hybridized carbons (Fsp3) is 0.417. The van der Waals surface area contributed by atoms with Crippen LogP contribution < -0.4 is 10.6 Å². The molecule has 2 N–H and O–H groups in total. The lowest BCUT2D eigenvalue weighted by Crippen LogP contribution is -2.37. The van der Waals surface area contributed by atoms with E-state index in [9.17, 15) is 9.59 Å². The van der Waals surface area contributed by atoms with Crippen LogP contribution in [-0.2, 0) is 17.8 Å². The first-order valence-electron chi connectivity index (χ1n) is 10.4. The van der Waals surface area contributed by atoms with E-state index in [1.54, 1.807) is 12.1 Å². The third kappa shape index (κ3) is 6.88. The Kier molecular flexibility index (Phi) is 7.11. The predicted octanol–water partition coefficient (Wildman–Crippen LogP) is 3.72. The highest BCUT2D eigenvalue weighted by atomic mass is 16.6. The Morgan fingerprint density at radius 3 is 2.40 bits per heavy atom. The number of nitrogens with zero attached hydrogens (tertiary/aromatic N) is 1. The monoisotopic (exact) mass is 409 g/mol. The van der Waals surface area contributed by atoms with Gasteiger partial charge in [0.05, 0.1) is 0 Å². The SMILES string of the molecule is CC(C)(C)OC(=O)NCc1ccc(C(=O)NC2CCN(Cc3ccccc3)C2)cc1. The molecule has 0 aliphatic carbocycles. The van der Waals surface area contributed by atoms with Crippen LogP contribution in [0.2, 0.25) is 0 Å². The van der Waals surface area contributed by atoms with Crippen LogP contribution in [0.3, 0.4) is 0 Å². The standard InChI is InChI=1S/C24H31N3O3/c1-24(2,3)30-23(29)25-15-18-9-11-20(12-10-18)22(28)26-21-13-14-27(17-21)16-19-7-5-4-6-8-19/h4-12,21H,13-17H2,1-3H3,(H,25,29)(H,26,28). The van der Waals surface area contributed by atoms with Crippen LogP contribution in [0.4, 0.5) is 4.79 Å². The van der Waals surface area contributed by atoms with Gasteiger partial charge in [-0.3, -0.25) is 9.69 Å². The lowest BCUT2D eigenvalue weighted by atomic mass is 10.1. The van der Waals surface area contributed by atoms with E-state index >= 15 is 0 Å². The Morgan fingerprint density at radius 2 is 1.73 bits per heavy atom. The fourth-order valence-corrected chi connectivity index (χ4v) is 3.47. The van der Waals surface area contributed by atoms with E-state index in [-0.39, 0.29) is 11.9 Å². The summed E-state index contributed by atoms with van der Waals surface area (Å²) in [6.07, 6.45) is 0.502. The molecule has 2 amide bonds. The number of carbonyl (C=O) groups is 2. The van der Waals surface area contributed by atoms with Gasteiger partial charge in [0.15, 0.2) is 0 Å². The van der Waals surface area contributed by atoms with Crippen molar-refractivity contribution >= 4 is 12.0 Å². The van der Waals surface area contributed by atoms with Gasteiger partial charge in [0.2, 0.25) is 0 Å². The second-order valence-corrected chi connectivity index (χ2v) is 8.73. The topological polar surface area (TPSA) is 70.7 Å². The summed E-state index contributed by atoms with van der Waals surface area (Å²) in [4.78, 5) is 26.7. The summed E-state index contributed by atoms with van der Waals surface area (Å²) in [5.41, 5.74) is 2.30. The van der Waals surface area contributed by atoms with E-state index in [2.05, 4.69) is 39.8 Å². The molecule has 160 valence electrons. The van der Waals surface area contributed by atoms with Crippen LogP contribution >= 0.6 is 0 Å². The fourth-order valence-electron chi connectivity index (χ4n) is 3.47. The van der Waals surface area contributed by atoms with Crippen molar-refractivity contribution in [2.24, 2.45) is 0 Å². The number of alkyl carbamates (subject to hydrolysis) is 1. The molecular formula is C24H31N3O3. The summed E-state index contributed by atoms with van der Waals surface area (Å²) in [5.74, 6) is -0.0618. The number of benzene rings is 2. The Bertz CT molecular complexity index is 844. The molecule has 0 saturated carbocycles. The minimum atomic E-state index is -0.525. The van der Waals surface area contributed by atoms with Crippen LogP contribution in [0.25, 0.3) is 0 Å². The number of likely N-dealkylation sites (tertiary alicyclic amines) is 1. The lowest BCUT2D eigenvalue weighted by Gasteiger charge is -2.19. The average Bonchev–Trinajstić information content (AvgIpc) is 3.13. The Hall–Kier alpha value is -2.86. The highest BCUT2D eigenvalue weighted by Gasteiger charge is 2.24. The molecule has 1 fully saturated rings. The van der Waals surface area contributed by atoms with Gasteiger partial charge in [0, 0.05) is 37.8 Å². The zero-order valence-corrected chi connectivity index (χ0v) is 18.0. The highest BCUT2D eigenvalue weighted by Crippen LogP contribution is 2.14. The van der Waals surface area contributed by atoms with Gasteiger partial charge in [0.1, 0.15) is 5.60 Å². The molecule has 1 saturated heterocycles. The Morgan fingerprint density at radius 1 is 1.03 bits per heavy atom. The molecule has 1 atom stereocenters. The van der Waals surface area contributed by atoms with Gasteiger partial charge in [-0.25, -0.2) is 4.79 Å². The van der Waals surface area contributed by atoms with Crippen molar-refractivity contribution in [1.82, 2.24) is 15.5 Å². The van der Waals surface area contributed by atoms with Gasteiger partial charge < -0.3 is 15.4 Å². The smallest absolute Gasteiger partial charge is 0.407 e. The first kappa shape index (κ1) is 21.8. The summed E-state index contributed by atoms with van der Waals surface area (Å²) in [6, 6.07) is 17.8. The molecule has 0 spiro atoms. The van der Waals surface area contributed by atoms with Gasteiger partial charge in [-0.15, -0.1) is 0 Å². The molecule has 6 heteroatoms. The van der Waals surface area contributed by atoms with Gasteiger partial charge in [-0.2, -0.15) is 0 Å². The number of nitrogens with one attached hydrogen (secondary N) is 2. The molecule has 1 aliphatic heterocycles. The third-order valence-electron chi connectivity index (χ3n) is 4.91. The Labute approximate surface area is 178 Å². The number of hydrogen-bond donors (Lipinski definition) is 2. The summed E-state index contributed by atoms with van der Waals surface area (Å²) in [7, 11) is 0. The summed E-state index contributed by atoms with van der Waals surface area (Å²) < 4.78 is 5.22. The van der Waals surface area contributed by atoms with Gasteiger partial charge in [0.25, 0.3) is 5.91 Å². The number of hydrogen-bond acceptors (Lipinski definition) is 4. The second kappa shape index (κ2) is 9.76. The van der Waals surface area contributed by atoms with Crippen molar-refractivity contribution in [2.75, 3.05) is 13.1 Å². The molecule has 0 radical (unpaired) electrons. The first-order valence-corrected chi connectivity index (χ1v) is 10.4. The van der Waals surface area contributed by atoms with Gasteiger partial charge in [-0.05, 0) is 50.5 Å². The van der Waals surface area contributed by atoms with Crippen molar-refractivity contribution < 1.29 is 14.3 Å². The number of carbonyl (C=O) groups excluding carboxylic acids is 2. The maximum Gasteiger partial charge on any atom is 0.407 e. The molecule has 2 aromatic carbocycles. The van der Waals surface area contributed by atoms with E-state index in [1.807, 2.05) is 39.0 Å². The quantitative estimate of drug-likeness (QED) is 0.763. The molecule has 1 heterocycles. The molecule has 1 aliphatic rings. The van der Waals surface area contributed by atoms with Gasteiger partial charge in [-0.1, -0.05) is 42.5 Å². The summed E-state index contributed by atoms with van der Waals surface area (Å²) in [6.45, 7) is 8.58. The van der Waals surface area contributed by atoms with Crippen molar-refractivity contribution in [2.45, 2.75) is 51.9 Å². The van der Waals surface area contributed by atoms with Crippen molar-refractivity contribution in [3.63, 3.8) is 0 Å². The average molecular weight is 410 g/mol. The largest absolute Gasteiger partial charge is 0.444 e. The second-order valence-electron chi connectivity index (χ2n) is 8.73. The Balaban J connectivity index is 1.44. The van der Waals surface area contributed by atoms with Crippen LogP contribution in [0.15, 0.2) is 54.6 Å². The zero-order valence-electron chi connectivity index (χ0n) is 18.0. The molecule has 0 aromatic heterocycles. The molecule has 6 nitrogen and oxygen atoms in total. The van der Waals surface area contributed by atoms with E-state index in [0.29, 0.717) is 12.1 Å². The number of rotatable bonds is 6. The van der Waals surface area contributed by atoms with E-state index in [1.165, 1.54) is 5.56 Å². The van der Waals surface area contributed by atoms with Crippen LogP contribution in [0, 0.1) is 0 Å². The van der Waals surface area contributed by atoms with E-state index in [4.69, 9.17) is 4.74 Å². The first-order chi connectivity index (χ1) is 14.3. The summed E-state index contributed by atoms with van der Waals surface area (Å²) >= 11 is 0. The molecule has 1 unspecified atom stereocenters. The van der Waals surface area contributed by atoms with E-state index in [0.717, 1.165) is 31.6 Å².